The zero-order valence-electron chi connectivity index (χ0n) is 10.1. The maximum absolute atomic E-state index is 11.8. The molecule has 1 aromatic heterocycles. The van der Waals surface area contributed by atoms with Crippen LogP contribution in [0.1, 0.15) is 18.7 Å². The largest absolute Gasteiger partial charge is 0.511 e. The molecular formula is C12H15NO3S. The van der Waals surface area contributed by atoms with Crippen molar-refractivity contribution < 1.29 is 14.6 Å². The lowest BCUT2D eigenvalue weighted by Crippen LogP contribution is -2.40. The molecule has 1 N–H and O–H groups in total. The van der Waals surface area contributed by atoms with E-state index in [1.54, 1.807) is 6.92 Å². The minimum Gasteiger partial charge on any atom is -0.511 e. The molecule has 0 aliphatic carbocycles. The summed E-state index contributed by atoms with van der Waals surface area (Å²) in [6.45, 7) is 5.83. The van der Waals surface area contributed by atoms with Gasteiger partial charge in [-0.15, -0.1) is 11.3 Å². The molecule has 0 saturated heterocycles. The molecule has 5 heteroatoms. The molecule has 0 saturated carbocycles. The minimum atomic E-state index is -0.670. The summed E-state index contributed by atoms with van der Waals surface area (Å²) in [5.74, 6) is -0.988. The van der Waals surface area contributed by atoms with Crippen LogP contribution in [0.25, 0.3) is 5.76 Å². The predicted molar refractivity (Wildman–Crippen MR) is 65.5 cm³/mol. The van der Waals surface area contributed by atoms with Crippen LogP contribution in [-0.4, -0.2) is 23.7 Å². The van der Waals surface area contributed by atoms with E-state index in [9.17, 15) is 9.90 Å². The molecule has 1 aromatic rings. The van der Waals surface area contributed by atoms with Gasteiger partial charge in [-0.2, -0.15) is 0 Å². The maximum atomic E-state index is 11.8. The molecule has 1 aliphatic rings. The Morgan fingerprint density at radius 3 is 3.00 bits per heavy atom. The SMILES string of the molecule is CCOC(=O)C1C(O)=c2cc(C)sc2=NC1C. The van der Waals surface area contributed by atoms with Crippen molar-refractivity contribution in [2.24, 2.45) is 10.9 Å². The first-order valence-corrected chi connectivity index (χ1v) is 6.40. The van der Waals surface area contributed by atoms with Crippen molar-refractivity contribution in [3.8, 4) is 0 Å². The number of esters is 1. The van der Waals surface area contributed by atoms with E-state index in [1.807, 2.05) is 19.9 Å². The van der Waals surface area contributed by atoms with Crippen LogP contribution in [-0.2, 0) is 9.53 Å². The van der Waals surface area contributed by atoms with Gasteiger partial charge in [-0.3, -0.25) is 9.79 Å². The van der Waals surface area contributed by atoms with E-state index in [0.29, 0.717) is 11.8 Å². The molecule has 2 atom stereocenters. The molecule has 0 amide bonds. The number of carbonyl (C=O) groups excluding carboxylic acids is 1. The second-order valence-electron chi connectivity index (χ2n) is 4.06. The van der Waals surface area contributed by atoms with Crippen LogP contribution < -0.4 is 9.89 Å². The van der Waals surface area contributed by atoms with Crippen molar-refractivity contribution in [3.63, 3.8) is 0 Å². The molecule has 1 aliphatic heterocycles. The van der Waals surface area contributed by atoms with Gasteiger partial charge in [0, 0.05) is 10.1 Å². The standard InChI is InChI=1S/C12H15NO3S/c1-4-16-12(15)9-7(3)13-11-8(10(9)14)5-6(2)17-11/h5,7,9,14H,4H2,1-3H3. The van der Waals surface area contributed by atoms with E-state index < -0.39 is 11.9 Å². The van der Waals surface area contributed by atoms with E-state index in [-0.39, 0.29) is 11.8 Å². The number of hydrogen-bond acceptors (Lipinski definition) is 5. The van der Waals surface area contributed by atoms with Crippen molar-refractivity contribution in [1.82, 2.24) is 0 Å². The van der Waals surface area contributed by atoms with E-state index >= 15 is 0 Å². The van der Waals surface area contributed by atoms with Crippen LogP contribution in [0, 0.1) is 12.8 Å². The van der Waals surface area contributed by atoms with Gasteiger partial charge in [0.1, 0.15) is 16.3 Å². The maximum Gasteiger partial charge on any atom is 0.318 e. The molecule has 2 unspecified atom stereocenters. The van der Waals surface area contributed by atoms with E-state index in [2.05, 4.69) is 4.99 Å². The molecule has 17 heavy (non-hydrogen) atoms. The summed E-state index contributed by atoms with van der Waals surface area (Å²) in [6.07, 6.45) is 0. The van der Waals surface area contributed by atoms with Gasteiger partial charge in [-0.25, -0.2) is 0 Å². The Morgan fingerprint density at radius 2 is 2.35 bits per heavy atom. The van der Waals surface area contributed by atoms with Crippen LogP contribution in [0.3, 0.4) is 0 Å². The third-order valence-corrected chi connectivity index (χ3v) is 3.71. The van der Waals surface area contributed by atoms with Crippen molar-refractivity contribution in [2.75, 3.05) is 6.61 Å². The number of fused-ring (bicyclic) bond motifs is 1. The number of rotatable bonds is 2. The summed E-state index contributed by atoms with van der Waals surface area (Å²) < 4.78 is 5.77. The van der Waals surface area contributed by atoms with E-state index in [0.717, 1.165) is 9.55 Å². The fourth-order valence-corrected chi connectivity index (χ4v) is 2.95. The van der Waals surface area contributed by atoms with Crippen molar-refractivity contribution in [2.45, 2.75) is 26.8 Å². The van der Waals surface area contributed by atoms with Gasteiger partial charge >= 0.3 is 5.97 Å². The summed E-state index contributed by atoms with van der Waals surface area (Å²) in [6, 6.07) is 1.58. The van der Waals surface area contributed by atoms with Gasteiger partial charge in [0.25, 0.3) is 0 Å². The van der Waals surface area contributed by atoms with Crippen LogP contribution in [0.5, 0.6) is 0 Å². The number of thiophene rings is 1. The first-order chi connectivity index (χ1) is 8.04. The highest BCUT2D eigenvalue weighted by atomic mass is 32.1. The lowest BCUT2D eigenvalue weighted by atomic mass is 9.96. The Labute approximate surface area is 103 Å². The van der Waals surface area contributed by atoms with Gasteiger partial charge in [-0.05, 0) is 26.8 Å². The lowest BCUT2D eigenvalue weighted by molar-refractivity contribution is -0.147. The van der Waals surface area contributed by atoms with Crippen LogP contribution in [0.4, 0.5) is 0 Å². The zero-order chi connectivity index (χ0) is 12.6. The van der Waals surface area contributed by atoms with Crippen LogP contribution >= 0.6 is 11.3 Å². The highest BCUT2D eigenvalue weighted by Gasteiger charge is 2.33. The number of hydrogen-bond donors (Lipinski definition) is 1. The Balaban J connectivity index is 2.52. The summed E-state index contributed by atoms with van der Waals surface area (Å²) >= 11 is 1.53. The van der Waals surface area contributed by atoms with Crippen LogP contribution in [0.15, 0.2) is 11.1 Å². The topological polar surface area (TPSA) is 58.9 Å². The Morgan fingerprint density at radius 1 is 1.65 bits per heavy atom. The average molecular weight is 253 g/mol. The lowest BCUT2D eigenvalue weighted by Gasteiger charge is -2.20. The average Bonchev–Trinajstić information content (AvgIpc) is 2.59. The Kier molecular flexibility index (Phi) is 3.19. The Bertz CT molecular complexity index is 561. The molecule has 0 radical (unpaired) electrons. The summed E-state index contributed by atoms with van der Waals surface area (Å²) in [5.41, 5.74) is 0. The summed E-state index contributed by atoms with van der Waals surface area (Å²) in [5, 5.41) is 10.8. The number of nitrogens with zero attached hydrogens (tertiary/aromatic N) is 1. The molecule has 2 rings (SSSR count). The molecule has 0 spiro atoms. The number of carbonyl (C=O) groups is 1. The molecule has 0 aromatic carbocycles. The number of ether oxygens (including phenoxy) is 1. The van der Waals surface area contributed by atoms with E-state index in [1.165, 1.54) is 11.3 Å². The molecule has 92 valence electrons. The first kappa shape index (κ1) is 12.1. The van der Waals surface area contributed by atoms with Crippen molar-refractivity contribution >= 4 is 23.1 Å². The fraction of sp³-hybridized carbons (Fsp3) is 0.500. The normalized spacial score (nSPS) is 22.9. The fourth-order valence-electron chi connectivity index (χ4n) is 1.98. The number of aliphatic hydroxyl groups is 1. The summed E-state index contributed by atoms with van der Waals surface area (Å²) in [7, 11) is 0. The van der Waals surface area contributed by atoms with Gasteiger partial charge in [0.15, 0.2) is 0 Å². The van der Waals surface area contributed by atoms with Gasteiger partial charge < -0.3 is 9.84 Å². The van der Waals surface area contributed by atoms with Crippen molar-refractivity contribution in [3.05, 3.63) is 20.8 Å². The predicted octanol–water partition coefficient (Wildman–Crippen LogP) is 0.924. The zero-order valence-corrected chi connectivity index (χ0v) is 10.9. The summed E-state index contributed by atoms with van der Waals surface area (Å²) in [4.78, 5) is 17.3. The van der Waals surface area contributed by atoms with Gasteiger partial charge in [0.05, 0.1) is 12.6 Å². The van der Waals surface area contributed by atoms with Crippen molar-refractivity contribution in [1.29, 1.82) is 0 Å². The third kappa shape index (κ3) is 2.07. The highest BCUT2D eigenvalue weighted by Crippen LogP contribution is 2.20. The van der Waals surface area contributed by atoms with E-state index in [4.69, 9.17) is 4.74 Å². The second-order valence-corrected chi connectivity index (χ2v) is 5.30. The van der Waals surface area contributed by atoms with Gasteiger partial charge in [-0.1, -0.05) is 0 Å². The highest BCUT2D eigenvalue weighted by molar-refractivity contribution is 7.09. The monoisotopic (exact) mass is 253 g/mol. The number of aryl methyl sites for hydroxylation is 1. The van der Waals surface area contributed by atoms with Crippen LogP contribution in [0.2, 0.25) is 0 Å². The number of aliphatic hydroxyl groups excluding tert-OH is 1. The molecule has 0 fully saturated rings. The minimum absolute atomic E-state index is 0.0882. The third-order valence-electron chi connectivity index (χ3n) is 2.75. The molecule has 4 nitrogen and oxygen atoms in total. The first-order valence-electron chi connectivity index (χ1n) is 5.58. The Hall–Kier alpha value is -1.36. The molecule has 2 heterocycles. The quantitative estimate of drug-likeness (QED) is 0.797. The van der Waals surface area contributed by atoms with Gasteiger partial charge in [0.2, 0.25) is 0 Å². The molecule has 0 bridgehead atoms. The molecular weight excluding hydrogens is 238 g/mol. The smallest absolute Gasteiger partial charge is 0.318 e. The second kappa shape index (κ2) is 4.49.